The maximum Gasteiger partial charge on any atom is 0.187 e. The molecule has 0 aliphatic rings. The molecule has 0 saturated carbocycles. The molecule has 1 N–H and O–H groups in total. The van der Waals surface area contributed by atoms with Gasteiger partial charge in [-0.25, -0.2) is 4.98 Å². The lowest BCUT2D eigenvalue weighted by atomic mass is 10.2. The summed E-state index contributed by atoms with van der Waals surface area (Å²) in [5, 5.41) is 7.23. The summed E-state index contributed by atoms with van der Waals surface area (Å²) in [7, 11) is 0. The molecule has 0 aliphatic carbocycles. The van der Waals surface area contributed by atoms with Gasteiger partial charge in [0.1, 0.15) is 5.75 Å². The Bertz CT molecular complexity index is 880. The first-order chi connectivity index (χ1) is 13.7. The largest absolute Gasteiger partial charge is 0.494 e. The van der Waals surface area contributed by atoms with E-state index in [4.69, 9.17) is 27.9 Å². The average molecular weight is 435 g/mol. The maximum absolute atomic E-state index is 6.10. The van der Waals surface area contributed by atoms with Crippen molar-refractivity contribution >= 4 is 45.4 Å². The second kappa shape index (κ2) is 10.7. The zero-order valence-electron chi connectivity index (χ0n) is 15.9. The fourth-order valence-electron chi connectivity index (χ4n) is 2.77. The van der Waals surface area contributed by atoms with Gasteiger partial charge in [0.15, 0.2) is 5.13 Å². The zero-order valence-corrected chi connectivity index (χ0v) is 18.2. The van der Waals surface area contributed by atoms with Crippen molar-refractivity contribution in [2.24, 2.45) is 0 Å². The van der Waals surface area contributed by atoms with Crippen molar-refractivity contribution in [3.8, 4) is 17.0 Å². The summed E-state index contributed by atoms with van der Waals surface area (Å²) >= 11 is 13.6. The van der Waals surface area contributed by atoms with E-state index in [1.54, 1.807) is 17.4 Å². The van der Waals surface area contributed by atoms with E-state index in [2.05, 4.69) is 17.2 Å². The van der Waals surface area contributed by atoms with Crippen molar-refractivity contribution in [3.05, 3.63) is 57.9 Å². The molecule has 0 radical (unpaired) electrons. The third-order valence-corrected chi connectivity index (χ3v) is 5.84. The Labute approximate surface area is 180 Å². The molecule has 0 spiro atoms. The molecule has 3 aromatic rings. The average Bonchev–Trinajstić information content (AvgIpc) is 3.16. The molecule has 0 unspecified atom stereocenters. The predicted molar refractivity (Wildman–Crippen MR) is 122 cm³/mol. The summed E-state index contributed by atoms with van der Waals surface area (Å²) < 4.78 is 5.81. The highest BCUT2D eigenvalue weighted by Gasteiger charge is 2.07. The van der Waals surface area contributed by atoms with Crippen LogP contribution in [0, 0.1) is 0 Å². The summed E-state index contributed by atoms with van der Waals surface area (Å²) in [4.78, 5) is 4.63. The number of anilines is 2. The number of rotatable bonds is 10. The summed E-state index contributed by atoms with van der Waals surface area (Å²) in [5.41, 5.74) is 2.79. The van der Waals surface area contributed by atoms with Gasteiger partial charge in [0.25, 0.3) is 0 Å². The van der Waals surface area contributed by atoms with Gasteiger partial charge in [-0.1, -0.05) is 61.9 Å². The number of halogens is 2. The first kappa shape index (κ1) is 21.0. The number of aromatic nitrogens is 1. The Morgan fingerprint density at radius 3 is 2.50 bits per heavy atom. The molecule has 148 valence electrons. The van der Waals surface area contributed by atoms with Gasteiger partial charge in [0.05, 0.1) is 22.3 Å². The Balaban J connectivity index is 1.52. The van der Waals surface area contributed by atoms with E-state index in [1.807, 2.05) is 41.8 Å². The molecule has 1 heterocycles. The van der Waals surface area contributed by atoms with E-state index >= 15 is 0 Å². The van der Waals surface area contributed by atoms with Gasteiger partial charge >= 0.3 is 0 Å². The van der Waals surface area contributed by atoms with Crippen molar-refractivity contribution in [1.29, 1.82) is 0 Å². The van der Waals surface area contributed by atoms with Crippen molar-refractivity contribution in [3.63, 3.8) is 0 Å². The van der Waals surface area contributed by atoms with Gasteiger partial charge in [-0.2, -0.15) is 0 Å². The van der Waals surface area contributed by atoms with Crippen LogP contribution in [0.4, 0.5) is 10.8 Å². The van der Waals surface area contributed by atoms with Gasteiger partial charge in [0.2, 0.25) is 0 Å². The molecule has 0 atom stereocenters. The standard InChI is InChI=1S/C22H24Cl2N2OS/c1-2-3-4-5-6-13-27-18-10-8-17(9-11-18)25-22-26-21(15-28-22)16-7-12-19(23)20(24)14-16/h7-12,14-15H,2-6,13H2,1H3,(H,25,26). The SMILES string of the molecule is CCCCCCCOc1ccc(Nc2nc(-c3ccc(Cl)c(Cl)c3)cs2)cc1. The summed E-state index contributed by atoms with van der Waals surface area (Å²) in [6.45, 7) is 3.00. The molecule has 0 saturated heterocycles. The molecular formula is C22H24Cl2N2OS. The maximum atomic E-state index is 6.10. The number of benzene rings is 2. The molecule has 0 fully saturated rings. The highest BCUT2D eigenvalue weighted by molar-refractivity contribution is 7.14. The third kappa shape index (κ3) is 6.13. The highest BCUT2D eigenvalue weighted by Crippen LogP contribution is 2.31. The minimum atomic E-state index is 0.530. The van der Waals surface area contributed by atoms with Crippen LogP contribution in [0.5, 0.6) is 5.75 Å². The molecule has 2 aromatic carbocycles. The first-order valence-electron chi connectivity index (χ1n) is 9.56. The second-order valence-corrected chi connectivity index (χ2v) is 8.25. The van der Waals surface area contributed by atoms with Crippen LogP contribution in [0.2, 0.25) is 10.0 Å². The topological polar surface area (TPSA) is 34.1 Å². The first-order valence-corrected chi connectivity index (χ1v) is 11.2. The number of thiazole rings is 1. The molecule has 3 nitrogen and oxygen atoms in total. The van der Waals surface area contributed by atoms with Gasteiger partial charge < -0.3 is 10.1 Å². The van der Waals surface area contributed by atoms with E-state index in [1.165, 1.54) is 25.7 Å². The Morgan fingerprint density at radius 2 is 1.75 bits per heavy atom. The molecule has 1 aromatic heterocycles. The summed E-state index contributed by atoms with van der Waals surface area (Å²) in [5.74, 6) is 0.900. The predicted octanol–water partition coefficient (Wildman–Crippen LogP) is 8.21. The normalized spacial score (nSPS) is 10.8. The highest BCUT2D eigenvalue weighted by atomic mass is 35.5. The third-order valence-electron chi connectivity index (χ3n) is 4.34. The number of hydrogen-bond acceptors (Lipinski definition) is 4. The fourth-order valence-corrected chi connectivity index (χ4v) is 3.81. The van der Waals surface area contributed by atoms with Crippen molar-refractivity contribution < 1.29 is 4.74 Å². The van der Waals surface area contributed by atoms with E-state index in [0.717, 1.165) is 40.9 Å². The number of hydrogen-bond donors (Lipinski definition) is 1. The lowest BCUT2D eigenvalue weighted by Crippen LogP contribution is -1.97. The quantitative estimate of drug-likeness (QED) is 0.326. The van der Waals surface area contributed by atoms with E-state index in [-0.39, 0.29) is 0 Å². The molecule has 6 heteroatoms. The number of nitrogens with one attached hydrogen (secondary N) is 1. The Kier molecular flexibility index (Phi) is 8.01. The van der Waals surface area contributed by atoms with Crippen LogP contribution in [-0.2, 0) is 0 Å². The minimum absolute atomic E-state index is 0.530. The number of ether oxygens (including phenoxy) is 1. The van der Waals surface area contributed by atoms with Crippen molar-refractivity contribution in [2.75, 3.05) is 11.9 Å². The van der Waals surface area contributed by atoms with Crippen LogP contribution < -0.4 is 10.1 Å². The fraction of sp³-hybridized carbons (Fsp3) is 0.318. The minimum Gasteiger partial charge on any atom is -0.494 e. The molecule has 0 amide bonds. The zero-order chi connectivity index (χ0) is 19.8. The van der Waals surface area contributed by atoms with Crippen LogP contribution >= 0.6 is 34.5 Å². The van der Waals surface area contributed by atoms with Crippen LogP contribution in [0.3, 0.4) is 0 Å². The van der Waals surface area contributed by atoms with Crippen molar-refractivity contribution in [1.82, 2.24) is 4.98 Å². The smallest absolute Gasteiger partial charge is 0.187 e. The molecule has 28 heavy (non-hydrogen) atoms. The van der Waals surface area contributed by atoms with E-state index in [9.17, 15) is 0 Å². The van der Waals surface area contributed by atoms with Gasteiger partial charge in [-0.15, -0.1) is 11.3 Å². The number of nitrogens with zero attached hydrogens (tertiary/aromatic N) is 1. The lowest BCUT2D eigenvalue weighted by Gasteiger charge is -2.07. The summed E-state index contributed by atoms with van der Waals surface area (Å²) in [6, 6.07) is 13.5. The summed E-state index contributed by atoms with van der Waals surface area (Å²) in [6.07, 6.45) is 6.21. The van der Waals surface area contributed by atoms with Gasteiger partial charge in [-0.3, -0.25) is 0 Å². The second-order valence-electron chi connectivity index (χ2n) is 6.58. The van der Waals surface area contributed by atoms with Crippen LogP contribution in [0.25, 0.3) is 11.3 Å². The van der Waals surface area contributed by atoms with Gasteiger partial charge in [-0.05, 0) is 42.8 Å². The Hall–Kier alpha value is -1.75. The molecule has 3 rings (SSSR count). The van der Waals surface area contributed by atoms with Crippen LogP contribution in [0.15, 0.2) is 47.8 Å². The number of unbranched alkanes of at least 4 members (excludes halogenated alkanes) is 4. The van der Waals surface area contributed by atoms with E-state index < -0.39 is 0 Å². The Morgan fingerprint density at radius 1 is 0.964 bits per heavy atom. The molecule has 0 aliphatic heterocycles. The van der Waals surface area contributed by atoms with Gasteiger partial charge in [0, 0.05) is 16.6 Å². The van der Waals surface area contributed by atoms with Crippen LogP contribution in [0.1, 0.15) is 39.0 Å². The van der Waals surface area contributed by atoms with E-state index in [0.29, 0.717) is 10.0 Å². The van der Waals surface area contributed by atoms with Crippen molar-refractivity contribution in [2.45, 2.75) is 39.0 Å². The lowest BCUT2D eigenvalue weighted by molar-refractivity contribution is 0.304. The molecular weight excluding hydrogens is 411 g/mol. The molecule has 0 bridgehead atoms. The van der Waals surface area contributed by atoms with Crippen LogP contribution in [-0.4, -0.2) is 11.6 Å². The monoisotopic (exact) mass is 434 g/mol.